The molecule has 1 amide bonds. The van der Waals surface area contributed by atoms with Gasteiger partial charge in [0.05, 0.1) is 26.3 Å². The fraction of sp³-hybridized carbons (Fsp3) is 0.400. The number of pyridine rings is 1. The smallest absolute Gasteiger partial charge is 0.410 e. The van der Waals surface area contributed by atoms with Gasteiger partial charge in [0, 0.05) is 30.8 Å². The zero-order valence-electron chi connectivity index (χ0n) is 15.4. The lowest BCUT2D eigenvalue weighted by Crippen LogP contribution is -2.40. The second-order valence-corrected chi connectivity index (χ2v) is 7.12. The molecule has 2 fully saturated rings. The first-order chi connectivity index (χ1) is 13.9. The molecule has 1 spiro atoms. The summed E-state index contributed by atoms with van der Waals surface area (Å²) in [6, 6.07) is 5.49. The lowest BCUT2D eigenvalue weighted by Gasteiger charge is -2.30. The van der Waals surface area contributed by atoms with Crippen LogP contribution in [0, 0.1) is 5.82 Å². The Kier molecular flexibility index (Phi) is 5.31. The quantitative estimate of drug-likeness (QED) is 0.749. The number of aromatic nitrogens is 1. The van der Waals surface area contributed by atoms with E-state index in [1.165, 1.54) is 18.3 Å². The molecule has 0 radical (unpaired) electrons. The molecule has 154 valence electrons. The molecule has 2 aliphatic rings. The van der Waals surface area contributed by atoms with E-state index in [0.29, 0.717) is 50.3 Å². The van der Waals surface area contributed by atoms with Crippen molar-refractivity contribution in [2.45, 2.75) is 31.6 Å². The molecule has 3 heterocycles. The molecule has 6 nitrogen and oxygen atoms in total. The summed E-state index contributed by atoms with van der Waals surface area (Å²) in [4.78, 5) is 18.1. The van der Waals surface area contributed by atoms with Crippen LogP contribution in [0.25, 0.3) is 11.1 Å². The Labute approximate surface area is 165 Å². The summed E-state index contributed by atoms with van der Waals surface area (Å²) in [5.74, 6) is -1.41. The summed E-state index contributed by atoms with van der Waals surface area (Å²) >= 11 is 0. The molecule has 0 atom stereocenters. The fourth-order valence-corrected chi connectivity index (χ4v) is 3.64. The second kappa shape index (κ2) is 7.90. The predicted octanol–water partition coefficient (Wildman–Crippen LogP) is 3.99. The van der Waals surface area contributed by atoms with Crippen LogP contribution in [0.2, 0.25) is 0 Å². The molecular formula is C20H19F3N2O4. The van der Waals surface area contributed by atoms with Crippen molar-refractivity contribution in [3.63, 3.8) is 0 Å². The third-order valence-corrected chi connectivity index (χ3v) is 5.09. The topological polar surface area (TPSA) is 60.9 Å². The van der Waals surface area contributed by atoms with Crippen LogP contribution in [0.4, 0.5) is 18.0 Å². The molecule has 0 aliphatic carbocycles. The summed E-state index contributed by atoms with van der Waals surface area (Å²) in [6.07, 6.45) is 4.09. The van der Waals surface area contributed by atoms with Crippen LogP contribution in [0.1, 0.15) is 18.4 Å². The molecule has 1 aromatic heterocycles. The maximum atomic E-state index is 13.7. The number of halogens is 3. The van der Waals surface area contributed by atoms with Crippen LogP contribution in [0.5, 0.6) is 5.75 Å². The van der Waals surface area contributed by atoms with E-state index in [-0.39, 0.29) is 6.09 Å². The highest BCUT2D eigenvalue weighted by Crippen LogP contribution is 2.33. The van der Waals surface area contributed by atoms with Crippen LogP contribution in [-0.2, 0) is 16.0 Å². The van der Waals surface area contributed by atoms with Crippen molar-refractivity contribution in [3.05, 3.63) is 48.0 Å². The van der Waals surface area contributed by atoms with Gasteiger partial charge in [0.2, 0.25) is 0 Å². The fourth-order valence-electron chi connectivity index (χ4n) is 3.64. The number of amides is 1. The second-order valence-electron chi connectivity index (χ2n) is 7.12. The summed E-state index contributed by atoms with van der Waals surface area (Å²) in [5, 5.41) is 0. The normalized spacial score (nSPS) is 18.3. The number of benzene rings is 1. The van der Waals surface area contributed by atoms with Crippen LogP contribution < -0.4 is 4.74 Å². The number of ether oxygens (including phenoxy) is 3. The Bertz CT molecular complexity index is 903. The monoisotopic (exact) mass is 408 g/mol. The van der Waals surface area contributed by atoms with E-state index >= 15 is 0 Å². The number of hydrogen-bond acceptors (Lipinski definition) is 5. The van der Waals surface area contributed by atoms with Crippen molar-refractivity contribution >= 4 is 6.09 Å². The zero-order chi connectivity index (χ0) is 20.4. The third kappa shape index (κ3) is 4.29. The van der Waals surface area contributed by atoms with Crippen LogP contribution >= 0.6 is 0 Å². The van der Waals surface area contributed by atoms with Crippen molar-refractivity contribution in [2.24, 2.45) is 0 Å². The summed E-state index contributed by atoms with van der Waals surface area (Å²) < 4.78 is 53.8. The van der Waals surface area contributed by atoms with Gasteiger partial charge in [-0.25, -0.2) is 9.18 Å². The molecule has 1 aromatic carbocycles. The molecule has 0 bridgehead atoms. The number of rotatable bonds is 5. The molecule has 0 saturated carbocycles. The average Bonchev–Trinajstić information content (AvgIpc) is 2.98. The van der Waals surface area contributed by atoms with E-state index in [0.717, 1.165) is 11.6 Å². The minimum atomic E-state index is -3.12. The highest BCUT2D eigenvalue weighted by Gasteiger charge is 2.45. The van der Waals surface area contributed by atoms with Gasteiger partial charge < -0.3 is 14.2 Å². The minimum Gasteiger partial charge on any atom is -0.441 e. The summed E-state index contributed by atoms with van der Waals surface area (Å²) in [6.45, 7) is -1.23. The number of carbonyl (C=O) groups is 1. The van der Waals surface area contributed by atoms with E-state index < -0.39 is 23.8 Å². The maximum absolute atomic E-state index is 13.7. The summed E-state index contributed by atoms with van der Waals surface area (Å²) in [7, 11) is 0. The van der Waals surface area contributed by atoms with Crippen molar-refractivity contribution in [1.29, 1.82) is 0 Å². The summed E-state index contributed by atoms with van der Waals surface area (Å²) in [5.41, 5.74) is 1.30. The molecule has 0 unspecified atom stereocenters. The van der Waals surface area contributed by atoms with E-state index in [1.807, 2.05) is 0 Å². The molecule has 0 N–H and O–H groups in total. The molecule has 9 heteroatoms. The molecule has 4 rings (SSSR count). The molecular weight excluding hydrogens is 389 g/mol. The SMILES string of the molecule is O=C1OC2(CCOCC2)CN1Cc1cncc(-c2ccc(F)c(OC(F)F)c2)c1. The highest BCUT2D eigenvalue weighted by molar-refractivity contribution is 5.71. The zero-order valence-corrected chi connectivity index (χ0v) is 15.4. The third-order valence-electron chi connectivity index (χ3n) is 5.09. The number of carbonyl (C=O) groups excluding carboxylic acids is 1. The Morgan fingerprint density at radius 1 is 1.17 bits per heavy atom. The van der Waals surface area contributed by atoms with Crippen molar-refractivity contribution < 1.29 is 32.2 Å². The first kappa shape index (κ1) is 19.5. The van der Waals surface area contributed by atoms with Gasteiger partial charge >= 0.3 is 12.7 Å². The van der Waals surface area contributed by atoms with Crippen LogP contribution in [0.15, 0.2) is 36.7 Å². The van der Waals surface area contributed by atoms with Crippen molar-refractivity contribution in [2.75, 3.05) is 19.8 Å². The lowest BCUT2D eigenvalue weighted by molar-refractivity contribution is -0.0521. The largest absolute Gasteiger partial charge is 0.441 e. The van der Waals surface area contributed by atoms with Gasteiger partial charge in [0.15, 0.2) is 11.6 Å². The van der Waals surface area contributed by atoms with Gasteiger partial charge in [-0.2, -0.15) is 8.78 Å². The van der Waals surface area contributed by atoms with E-state index in [2.05, 4.69) is 9.72 Å². The predicted molar refractivity (Wildman–Crippen MR) is 95.9 cm³/mol. The van der Waals surface area contributed by atoms with Gasteiger partial charge in [-0.15, -0.1) is 0 Å². The van der Waals surface area contributed by atoms with E-state index in [1.54, 1.807) is 17.2 Å². The van der Waals surface area contributed by atoms with Crippen molar-refractivity contribution in [3.8, 4) is 16.9 Å². The molecule has 2 aliphatic heterocycles. The van der Waals surface area contributed by atoms with Gasteiger partial charge in [-0.05, 0) is 29.3 Å². The molecule has 29 heavy (non-hydrogen) atoms. The van der Waals surface area contributed by atoms with Gasteiger partial charge in [-0.1, -0.05) is 6.07 Å². The minimum absolute atomic E-state index is 0.296. The van der Waals surface area contributed by atoms with Crippen LogP contribution in [0.3, 0.4) is 0 Å². The Morgan fingerprint density at radius 2 is 1.97 bits per heavy atom. The lowest BCUT2D eigenvalue weighted by atomic mass is 9.94. The standard InChI is InChI=1S/C20H19F3N2O4/c21-16-2-1-14(8-17(16)28-18(22)23)15-7-13(9-24-10-15)11-25-12-20(29-19(25)26)3-5-27-6-4-20/h1-2,7-10,18H,3-6,11-12H2. The first-order valence-electron chi connectivity index (χ1n) is 9.18. The van der Waals surface area contributed by atoms with E-state index in [9.17, 15) is 18.0 Å². The first-order valence-corrected chi connectivity index (χ1v) is 9.18. The molecule has 2 aromatic rings. The number of alkyl halides is 2. The van der Waals surface area contributed by atoms with Crippen molar-refractivity contribution in [1.82, 2.24) is 9.88 Å². The van der Waals surface area contributed by atoms with E-state index in [4.69, 9.17) is 9.47 Å². The van der Waals surface area contributed by atoms with Gasteiger partial charge in [0.25, 0.3) is 0 Å². The molecule has 2 saturated heterocycles. The number of nitrogens with zero attached hydrogens (tertiary/aromatic N) is 2. The Morgan fingerprint density at radius 3 is 2.72 bits per heavy atom. The van der Waals surface area contributed by atoms with Gasteiger partial charge in [-0.3, -0.25) is 9.88 Å². The Balaban J connectivity index is 1.52. The Hall–Kier alpha value is -2.81. The maximum Gasteiger partial charge on any atom is 0.410 e. The average molecular weight is 408 g/mol. The van der Waals surface area contributed by atoms with Gasteiger partial charge in [0.1, 0.15) is 5.60 Å². The highest BCUT2D eigenvalue weighted by atomic mass is 19.3. The number of hydrogen-bond donors (Lipinski definition) is 0. The van der Waals surface area contributed by atoms with Crippen LogP contribution in [-0.4, -0.2) is 47.9 Å².